The van der Waals surface area contributed by atoms with Crippen molar-refractivity contribution >= 4 is 11.9 Å². The molecule has 0 aliphatic rings. The summed E-state index contributed by atoms with van der Waals surface area (Å²) in [6.45, 7) is 2.01. The van der Waals surface area contributed by atoms with E-state index in [1.165, 1.54) is 0 Å². The minimum Gasteiger partial charge on any atom is -0.480 e. The highest BCUT2D eigenvalue weighted by molar-refractivity contribution is 5.86. The van der Waals surface area contributed by atoms with Crippen molar-refractivity contribution < 1.29 is 14.7 Å². The van der Waals surface area contributed by atoms with Gasteiger partial charge in [0.25, 0.3) is 0 Å². The molecule has 1 amide bonds. The van der Waals surface area contributed by atoms with Gasteiger partial charge in [-0.05, 0) is 18.6 Å². The number of carbonyl (C=O) groups excluding carboxylic acids is 1. The summed E-state index contributed by atoms with van der Waals surface area (Å²) in [6.07, 6.45) is 4.06. The Hall–Kier alpha value is -1.95. The molecule has 20 heavy (non-hydrogen) atoms. The summed E-state index contributed by atoms with van der Waals surface area (Å²) in [5.74, 6) is -1.52. The fourth-order valence-electron chi connectivity index (χ4n) is 1.76. The van der Waals surface area contributed by atoms with Crippen molar-refractivity contribution in [1.29, 1.82) is 0 Å². The molecule has 2 atom stereocenters. The monoisotopic (exact) mass is 279 g/mol. The summed E-state index contributed by atoms with van der Waals surface area (Å²) in [5, 5.41) is 11.6. The zero-order valence-electron chi connectivity index (χ0n) is 11.6. The van der Waals surface area contributed by atoms with Crippen molar-refractivity contribution in [3.8, 4) is 0 Å². The Kier molecular flexibility index (Phi) is 6.66. The molecule has 4 N–H and O–H groups in total. The minimum absolute atomic E-state index is 0.141. The number of pyridine rings is 1. The lowest BCUT2D eigenvalue weighted by Crippen LogP contribution is -2.49. The van der Waals surface area contributed by atoms with Crippen LogP contribution >= 0.6 is 0 Å². The number of rotatable bonds is 8. The van der Waals surface area contributed by atoms with E-state index < -0.39 is 24.0 Å². The molecule has 6 heteroatoms. The Morgan fingerprint density at radius 2 is 2.20 bits per heavy atom. The van der Waals surface area contributed by atoms with E-state index in [1.807, 2.05) is 6.92 Å². The molecule has 1 rings (SSSR count). The highest BCUT2D eigenvalue weighted by Crippen LogP contribution is 2.02. The third-order valence-electron chi connectivity index (χ3n) is 2.96. The molecular formula is C14H21N3O3. The van der Waals surface area contributed by atoms with Crippen LogP contribution < -0.4 is 11.1 Å². The van der Waals surface area contributed by atoms with Crippen LogP contribution in [0.4, 0.5) is 0 Å². The van der Waals surface area contributed by atoms with Gasteiger partial charge in [0.2, 0.25) is 5.91 Å². The predicted octanol–water partition coefficient (Wildman–Crippen LogP) is 0.711. The van der Waals surface area contributed by atoms with E-state index in [1.54, 1.807) is 24.4 Å². The summed E-state index contributed by atoms with van der Waals surface area (Å²) in [6, 6.07) is 3.57. The third kappa shape index (κ3) is 5.36. The zero-order chi connectivity index (χ0) is 15.0. The van der Waals surface area contributed by atoms with Gasteiger partial charge in [-0.25, -0.2) is 4.79 Å². The Balaban J connectivity index is 2.59. The molecule has 0 fully saturated rings. The van der Waals surface area contributed by atoms with Gasteiger partial charge in [0, 0.05) is 18.3 Å². The van der Waals surface area contributed by atoms with Crippen LogP contribution in [-0.2, 0) is 16.0 Å². The maximum Gasteiger partial charge on any atom is 0.326 e. The molecule has 6 nitrogen and oxygen atoms in total. The van der Waals surface area contributed by atoms with Crippen LogP contribution in [0.3, 0.4) is 0 Å². The Labute approximate surface area is 118 Å². The molecule has 0 radical (unpaired) electrons. The first-order chi connectivity index (χ1) is 9.54. The molecule has 0 aliphatic heterocycles. The number of nitrogens with one attached hydrogen (secondary N) is 1. The van der Waals surface area contributed by atoms with Crippen LogP contribution in [0.2, 0.25) is 0 Å². The van der Waals surface area contributed by atoms with Gasteiger partial charge in [-0.15, -0.1) is 0 Å². The van der Waals surface area contributed by atoms with Crippen molar-refractivity contribution in [2.45, 2.75) is 44.7 Å². The second kappa shape index (κ2) is 8.27. The van der Waals surface area contributed by atoms with Crippen LogP contribution in [0.15, 0.2) is 24.4 Å². The highest BCUT2D eigenvalue weighted by Gasteiger charge is 2.23. The van der Waals surface area contributed by atoms with E-state index >= 15 is 0 Å². The van der Waals surface area contributed by atoms with Gasteiger partial charge in [-0.3, -0.25) is 9.78 Å². The number of hydrogen-bond acceptors (Lipinski definition) is 4. The first-order valence-corrected chi connectivity index (χ1v) is 6.73. The molecule has 1 heterocycles. The van der Waals surface area contributed by atoms with Crippen molar-refractivity contribution in [1.82, 2.24) is 10.3 Å². The molecule has 1 aromatic rings. The van der Waals surface area contributed by atoms with Gasteiger partial charge < -0.3 is 16.2 Å². The normalized spacial score (nSPS) is 13.5. The zero-order valence-corrected chi connectivity index (χ0v) is 11.6. The third-order valence-corrected chi connectivity index (χ3v) is 2.96. The van der Waals surface area contributed by atoms with Crippen LogP contribution in [-0.4, -0.2) is 34.1 Å². The SMILES string of the molecule is CCCC[C@H](N)C(=O)N[C@@H](Cc1ccccn1)C(=O)O. The van der Waals surface area contributed by atoms with E-state index in [4.69, 9.17) is 10.8 Å². The van der Waals surface area contributed by atoms with E-state index in [2.05, 4.69) is 10.3 Å². The van der Waals surface area contributed by atoms with Crippen molar-refractivity contribution in [3.63, 3.8) is 0 Å². The van der Waals surface area contributed by atoms with Crippen molar-refractivity contribution in [3.05, 3.63) is 30.1 Å². The van der Waals surface area contributed by atoms with E-state index in [0.29, 0.717) is 12.1 Å². The fourth-order valence-corrected chi connectivity index (χ4v) is 1.76. The smallest absolute Gasteiger partial charge is 0.326 e. The molecule has 0 saturated carbocycles. The number of nitrogens with zero attached hydrogens (tertiary/aromatic N) is 1. The van der Waals surface area contributed by atoms with E-state index in [9.17, 15) is 9.59 Å². The predicted molar refractivity (Wildman–Crippen MR) is 75.0 cm³/mol. The number of carboxylic acid groups (broad SMARTS) is 1. The summed E-state index contributed by atoms with van der Waals surface area (Å²) >= 11 is 0. The van der Waals surface area contributed by atoms with Gasteiger partial charge in [0.15, 0.2) is 0 Å². The van der Waals surface area contributed by atoms with Crippen molar-refractivity contribution in [2.75, 3.05) is 0 Å². The quantitative estimate of drug-likeness (QED) is 0.650. The average Bonchev–Trinajstić information content (AvgIpc) is 2.44. The van der Waals surface area contributed by atoms with Crippen LogP contribution in [0.25, 0.3) is 0 Å². The van der Waals surface area contributed by atoms with Crippen LogP contribution in [0.5, 0.6) is 0 Å². The Morgan fingerprint density at radius 1 is 1.45 bits per heavy atom. The number of carbonyl (C=O) groups is 2. The number of amides is 1. The number of hydrogen-bond donors (Lipinski definition) is 3. The second-order valence-electron chi connectivity index (χ2n) is 4.67. The molecule has 0 aromatic carbocycles. The van der Waals surface area contributed by atoms with E-state index in [0.717, 1.165) is 12.8 Å². The number of aromatic nitrogens is 1. The molecule has 110 valence electrons. The van der Waals surface area contributed by atoms with Gasteiger partial charge >= 0.3 is 5.97 Å². The number of unbranched alkanes of at least 4 members (excludes halogenated alkanes) is 1. The average molecular weight is 279 g/mol. The largest absolute Gasteiger partial charge is 0.480 e. The van der Waals surface area contributed by atoms with Gasteiger partial charge in [-0.1, -0.05) is 25.8 Å². The number of nitrogens with two attached hydrogens (primary N) is 1. The maximum atomic E-state index is 11.8. The second-order valence-corrected chi connectivity index (χ2v) is 4.67. The van der Waals surface area contributed by atoms with Crippen LogP contribution in [0, 0.1) is 0 Å². The lowest BCUT2D eigenvalue weighted by molar-refractivity contribution is -0.142. The molecule has 1 aromatic heterocycles. The van der Waals surface area contributed by atoms with Gasteiger partial charge in [0.05, 0.1) is 6.04 Å². The summed E-state index contributed by atoms with van der Waals surface area (Å²) in [7, 11) is 0. The Bertz CT molecular complexity index is 437. The number of carboxylic acids is 1. The molecule has 0 aliphatic carbocycles. The van der Waals surface area contributed by atoms with Crippen LogP contribution in [0.1, 0.15) is 31.9 Å². The number of aliphatic carboxylic acids is 1. The standard InChI is InChI=1S/C14H21N3O3/c1-2-3-7-11(15)13(18)17-12(14(19)20)9-10-6-4-5-8-16-10/h4-6,8,11-12H,2-3,7,9,15H2,1H3,(H,17,18)(H,19,20)/t11-,12-/m0/s1. The lowest BCUT2D eigenvalue weighted by Gasteiger charge is -2.17. The van der Waals surface area contributed by atoms with Crippen molar-refractivity contribution in [2.24, 2.45) is 5.73 Å². The molecular weight excluding hydrogens is 258 g/mol. The maximum absolute atomic E-state index is 11.8. The molecule has 0 unspecified atom stereocenters. The summed E-state index contributed by atoms with van der Waals surface area (Å²) in [4.78, 5) is 27.1. The molecule has 0 saturated heterocycles. The van der Waals surface area contributed by atoms with Gasteiger partial charge in [0.1, 0.15) is 6.04 Å². The first-order valence-electron chi connectivity index (χ1n) is 6.73. The lowest BCUT2D eigenvalue weighted by atomic mass is 10.1. The summed E-state index contributed by atoms with van der Waals surface area (Å²) < 4.78 is 0. The fraction of sp³-hybridized carbons (Fsp3) is 0.500. The topological polar surface area (TPSA) is 105 Å². The van der Waals surface area contributed by atoms with E-state index in [-0.39, 0.29) is 6.42 Å². The highest BCUT2D eigenvalue weighted by atomic mass is 16.4. The first kappa shape index (κ1) is 16.1. The minimum atomic E-state index is -1.09. The molecule has 0 bridgehead atoms. The summed E-state index contributed by atoms with van der Waals surface area (Å²) in [5.41, 5.74) is 6.34. The molecule has 0 spiro atoms. The van der Waals surface area contributed by atoms with Gasteiger partial charge in [-0.2, -0.15) is 0 Å². The Morgan fingerprint density at radius 3 is 2.75 bits per heavy atom.